The van der Waals surface area contributed by atoms with Gasteiger partial charge in [-0.3, -0.25) is 28.8 Å². The van der Waals surface area contributed by atoms with Crippen molar-refractivity contribution in [2.45, 2.75) is 89.3 Å². The number of thioether (sulfide) groups is 1. The minimum absolute atomic E-state index is 0.0339. The Hall–Kier alpha value is -6.36. The largest absolute Gasteiger partial charge is 0.461 e. The Morgan fingerprint density at radius 1 is 0.721 bits per heavy atom. The fourth-order valence-electron chi connectivity index (χ4n) is 6.16. The van der Waals surface area contributed by atoms with E-state index in [0.29, 0.717) is 16.9 Å². The molecule has 0 radical (unpaired) electrons. The monoisotopic (exact) mass is 857 g/mol. The van der Waals surface area contributed by atoms with E-state index in [4.69, 9.17) is 15.2 Å². The van der Waals surface area contributed by atoms with Crippen molar-refractivity contribution in [3.8, 4) is 0 Å². The Balaban J connectivity index is 1.54. The van der Waals surface area contributed by atoms with Gasteiger partial charge in [-0.15, -0.1) is 0 Å². The van der Waals surface area contributed by atoms with Crippen molar-refractivity contribution in [2.75, 3.05) is 18.6 Å². The van der Waals surface area contributed by atoms with E-state index in [2.05, 4.69) is 31.6 Å². The van der Waals surface area contributed by atoms with Gasteiger partial charge in [-0.25, -0.2) is 4.79 Å². The van der Waals surface area contributed by atoms with E-state index in [1.165, 1.54) is 11.8 Å². The molecule has 0 spiro atoms. The van der Waals surface area contributed by atoms with Crippen molar-refractivity contribution in [1.82, 2.24) is 31.6 Å². The first-order valence-electron chi connectivity index (χ1n) is 19.9. The molecule has 17 heteroatoms. The second-order valence-corrected chi connectivity index (χ2v) is 16.3. The summed E-state index contributed by atoms with van der Waals surface area (Å²) in [6.45, 7) is 4.97. The van der Waals surface area contributed by atoms with Crippen LogP contribution < -0.4 is 32.3 Å². The summed E-state index contributed by atoms with van der Waals surface area (Å²) in [7, 11) is 0. The van der Waals surface area contributed by atoms with Crippen molar-refractivity contribution in [2.24, 2.45) is 5.73 Å². The van der Waals surface area contributed by atoms with Crippen LogP contribution in [-0.4, -0.2) is 94.9 Å². The molecule has 0 saturated heterocycles. The maximum atomic E-state index is 14.2. The molecule has 4 rings (SSSR count). The molecule has 8 N–H and O–H groups in total. The highest BCUT2D eigenvalue weighted by molar-refractivity contribution is 7.98. The molecule has 0 saturated carbocycles. The lowest BCUT2D eigenvalue weighted by Crippen LogP contribution is -2.59. The Kier molecular flexibility index (Phi) is 18.2. The maximum absolute atomic E-state index is 14.2. The van der Waals surface area contributed by atoms with Gasteiger partial charge in [-0.2, -0.15) is 11.8 Å². The van der Waals surface area contributed by atoms with Gasteiger partial charge in [0.05, 0.1) is 6.42 Å². The lowest BCUT2D eigenvalue weighted by atomic mass is 10.0. The van der Waals surface area contributed by atoms with Crippen LogP contribution in [0, 0.1) is 0 Å². The van der Waals surface area contributed by atoms with E-state index in [-0.39, 0.29) is 38.8 Å². The highest BCUT2D eigenvalue weighted by Gasteiger charge is 2.33. The van der Waals surface area contributed by atoms with E-state index in [1.807, 2.05) is 36.6 Å². The summed E-state index contributed by atoms with van der Waals surface area (Å²) in [5.74, 6) is -4.14. The first-order chi connectivity index (χ1) is 29.1. The summed E-state index contributed by atoms with van der Waals surface area (Å²) in [6.07, 6.45) is 2.25. The van der Waals surface area contributed by atoms with E-state index >= 15 is 0 Å². The van der Waals surface area contributed by atoms with Gasteiger partial charge >= 0.3 is 12.1 Å². The third kappa shape index (κ3) is 16.3. The number of ether oxygens (including phenoxy) is 2. The number of fused-ring (bicyclic) bond motifs is 1. The first kappa shape index (κ1) is 47.3. The molecule has 4 aromatic rings. The summed E-state index contributed by atoms with van der Waals surface area (Å²) in [4.78, 5) is 96.3. The fraction of sp³-hybridized carbons (Fsp3) is 0.386. The Bertz CT molecular complexity index is 2110. The van der Waals surface area contributed by atoms with Gasteiger partial charge < -0.3 is 46.8 Å². The van der Waals surface area contributed by atoms with E-state index in [1.54, 1.807) is 81.6 Å². The number of amides is 6. The summed E-state index contributed by atoms with van der Waals surface area (Å²) in [5.41, 5.74) is 7.88. The number of esters is 1. The predicted octanol–water partition coefficient (Wildman–Crippen LogP) is 3.18. The zero-order valence-corrected chi connectivity index (χ0v) is 35.6. The second-order valence-electron chi connectivity index (χ2n) is 15.3. The number of aromatic nitrogens is 1. The smallest absolute Gasteiger partial charge is 0.407 e. The van der Waals surface area contributed by atoms with Gasteiger partial charge in [0.2, 0.25) is 29.5 Å². The number of nitrogens with one attached hydrogen (secondary N) is 6. The third-order valence-corrected chi connectivity index (χ3v) is 9.85. The summed E-state index contributed by atoms with van der Waals surface area (Å²) < 4.78 is 10.7. The molecule has 326 valence electrons. The molecule has 3 aromatic carbocycles. The first-order valence-corrected chi connectivity index (χ1v) is 21.2. The average Bonchev–Trinajstić information content (AvgIpc) is 3.63. The predicted molar refractivity (Wildman–Crippen MR) is 232 cm³/mol. The maximum Gasteiger partial charge on any atom is 0.407 e. The quantitative estimate of drug-likeness (QED) is 0.0570. The van der Waals surface area contributed by atoms with Crippen LogP contribution in [0.25, 0.3) is 10.9 Å². The van der Waals surface area contributed by atoms with Crippen LogP contribution in [0.1, 0.15) is 56.7 Å². The van der Waals surface area contributed by atoms with Gasteiger partial charge in [-0.05, 0) is 62.0 Å². The molecular weight excluding hydrogens is 803 g/mol. The normalized spacial score (nSPS) is 13.1. The number of primary amides is 1. The third-order valence-electron chi connectivity index (χ3n) is 9.20. The van der Waals surface area contributed by atoms with Gasteiger partial charge in [0.1, 0.15) is 36.4 Å². The second kappa shape index (κ2) is 23.4. The molecule has 0 fully saturated rings. The number of nitrogens with two attached hydrogens (primary N) is 1. The topological polar surface area (TPSA) is 240 Å². The number of para-hydroxylation sites is 1. The van der Waals surface area contributed by atoms with E-state index in [9.17, 15) is 33.6 Å². The number of carbonyl (C=O) groups excluding carboxylic acids is 7. The van der Waals surface area contributed by atoms with E-state index in [0.717, 1.165) is 16.5 Å². The molecule has 1 aromatic heterocycles. The molecule has 0 aliphatic rings. The van der Waals surface area contributed by atoms with Gasteiger partial charge in [0, 0.05) is 42.9 Å². The Labute approximate surface area is 359 Å². The highest BCUT2D eigenvalue weighted by atomic mass is 32.2. The lowest BCUT2D eigenvalue weighted by molar-refractivity contribution is -0.147. The minimum atomic E-state index is -1.54. The zero-order chi connectivity index (χ0) is 44.4. The molecule has 0 aliphatic heterocycles. The lowest BCUT2D eigenvalue weighted by Gasteiger charge is -2.26. The molecule has 61 heavy (non-hydrogen) atoms. The molecule has 16 nitrogen and oxygen atoms in total. The summed E-state index contributed by atoms with van der Waals surface area (Å²) in [6, 6.07) is 20.0. The van der Waals surface area contributed by atoms with Crippen molar-refractivity contribution in [1.29, 1.82) is 0 Å². The van der Waals surface area contributed by atoms with Crippen LogP contribution in [0.2, 0.25) is 0 Å². The van der Waals surface area contributed by atoms with Crippen molar-refractivity contribution in [3.05, 3.63) is 108 Å². The minimum Gasteiger partial charge on any atom is -0.461 e. The summed E-state index contributed by atoms with van der Waals surface area (Å²) in [5, 5.41) is 14.0. The van der Waals surface area contributed by atoms with Crippen molar-refractivity contribution >= 4 is 64.3 Å². The van der Waals surface area contributed by atoms with E-state index < -0.39 is 77.8 Å². The Morgan fingerprint density at radius 3 is 1.97 bits per heavy atom. The number of hydrogen-bond acceptors (Lipinski definition) is 10. The van der Waals surface area contributed by atoms with Crippen LogP contribution in [0.4, 0.5) is 4.79 Å². The molecule has 0 bridgehead atoms. The molecule has 1 heterocycles. The van der Waals surface area contributed by atoms with Crippen LogP contribution >= 0.6 is 11.8 Å². The Morgan fingerprint density at radius 2 is 1.31 bits per heavy atom. The number of rotatable bonds is 22. The number of hydrogen-bond donors (Lipinski definition) is 7. The number of aromatic amines is 1. The number of benzene rings is 3. The number of alkyl carbamates (subject to hydrolysis) is 1. The van der Waals surface area contributed by atoms with Crippen LogP contribution in [0.15, 0.2) is 91.1 Å². The zero-order valence-electron chi connectivity index (χ0n) is 34.8. The molecule has 4 atom stereocenters. The number of carbonyl (C=O) groups is 7. The van der Waals surface area contributed by atoms with Gasteiger partial charge in [-0.1, -0.05) is 78.9 Å². The van der Waals surface area contributed by atoms with Crippen molar-refractivity contribution < 1.29 is 43.0 Å². The highest BCUT2D eigenvalue weighted by Crippen LogP contribution is 2.20. The van der Waals surface area contributed by atoms with Gasteiger partial charge in [0.25, 0.3) is 0 Å². The van der Waals surface area contributed by atoms with Gasteiger partial charge in [0.15, 0.2) is 0 Å². The molecule has 0 aliphatic carbocycles. The van der Waals surface area contributed by atoms with Crippen molar-refractivity contribution in [3.63, 3.8) is 0 Å². The fourth-order valence-corrected chi connectivity index (χ4v) is 6.63. The van der Waals surface area contributed by atoms with Crippen LogP contribution in [0.3, 0.4) is 0 Å². The molecular formula is C44H55N7O9S. The van der Waals surface area contributed by atoms with Crippen LogP contribution in [0.5, 0.6) is 0 Å². The average molecular weight is 858 g/mol. The molecule has 6 amide bonds. The SMILES string of the molecule is CSCCC(NC(=O)C(Cc1c[nH]c2ccccc12)NC(=O)CCNC(=O)OC(C)(C)C)C(=O)NC(CC(=O)OCc1ccccc1)C(=O)NC(Cc1ccccc1)C(N)=O. The number of H-pyrrole nitrogens is 1. The summed E-state index contributed by atoms with van der Waals surface area (Å²) >= 11 is 1.41. The molecule has 4 unspecified atom stereocenters. The standard InChI is InChI=1S/C44H55N7O9S/c1-44(2,3)60-43(58)46-21-19-37(52)48-35(24-30-26-47-32-18-12-11-17-31(30)32)41(56)49-33(20-22-61-4)40(55)51-36(25-38(53)59-27-29-15-9-6-10-16-29)42(57)50-34(39(45)54)23-28-13-7-5-8-14-28/h5-18,26,33-36,47H,19-25,27H2,1-4H3,(H2,45,54)(H,46,58)(H,48,52)(H,49,56)(H,50,57)(H,51,55). The van der Waals surface area contributed by atoms with Crippen LogP contribution in [-0.2, 0) is 57.7 Å².